The summed E-state index contributed by atoms with van der Waals surface area (Å²) < 4.78 is 10.8. The van der Waals surface area contributed by atoms with Crippen molar-refractivity contribution < 1.29 is 9.47 Å². The minimum Gasteiger partial charge on any atom is -0.454 e. The summed E-state index contributed by atoms with van der Waals surface area (Å²) in [6.45, 7) is 5.55. The smallest absolute Gasteiger partial charge is 0.231 e. The van der Waals surface area contributed by atoms with Crippen LogP contribution in [0.2, 0.25) is 0 Å². The van der Waals surface area contributed by atoms with Crippen molar-refractivity contribution >= 4 is 11.8 Å². The Labute approximate surface area is 160 Å². The molecule has 0 amide bonds. The Morgan fingerprint density at radius 2 is 1.96 bits per heavy atom. The van der Waals surface area contributed by atoms with E-state index in [9.17, 15) is 0 Å². The summed E-state index contributed by atoms with van der Waals surface area (Å²) in [5.41, 5.74) is 1.09. The zero-order valence-electron chi connectivity index (χ0n) is 15.7. The van der Waals surface area contributed by atoms with Crippen LogP contribution in [0.3, 0.4) is 0 Å². The van der Waals surface area contributed by atoms with E-state index in [2.05, 4.69) is 32.9 Å². The van der Waals surface area contributed by atoms with Crippen LogP contribution in [0.25, 0.3) is 0 Å². The predicted molar refractivity (Wildman–Crippen MR) is 107 cm³/mol. The highest BCUT2D eigenvalue weighted by Gasteiger charge is 2.12. The average molecular weight is 369 g/mol. The van der Waals surface area contributed by atoms with Gasteiger partial charge in [0.2, 0.25) is 6.79 Å². The Morgan fingerprint density at radius 1 is 1.07 bits per heavy atom. The quantitative estimate of drug-likeness (QED) is 0.358. The summed E-state index contributed by atoms with van der Waals surface area (Å²) in [5, 5.41) is 9.98. The van der Waals surface area contributed by atoms with E-state index in [1.165, 1.54) is 0 Å². The molecule has 1 aromatic carbocycles. The lowest BCUT2D eigenvalue weighted by Crippen LogP contribution is -2.37. The van der Waals surface area contributed by atoms with E-state index in [1.807, 2.05) is 36.4 Å². The fraction of sp³-hybridized carbons (Fsp3) is 0.400. The number of ether oxygens (including phenoxy) is 2. The Kier molecular flexibility index (Phi) is 7.15. The number of aromatic nitrogens is 1. The van der Waals surface area contributed by atoms with Gasteiger partial charge in [0.25, 0.3) is 0 Å². The number of aliphatic imine (C=N–C) groups is 1. The average Bonchev–Trinajstić information content (AvgIpc) is 3.17. The number of hydrogen-bond acceptors (Lipinski definition) is 5. The molecule has 0 radical (unpaired) electrons. The maximum absolute atomic E-state index is 5.42. The molecule has 0 bridgehead atoms. The molecule has 0 unspecified atom stereocenters. The summed E-state index contributed by atoms with van der Waals surface area (Å²) in [6.07, 6.45) is 3.91. The number of hydrogen-bond donors (Lipinski definition) is 3. The monoisotopic (exact) mass is 369 g/mol. The van der Waals surface area contributed by atoms with E-state index >= 15 is 0 Å². The fourth-order valence-corrected chi connectivity index (χ4v) is 2.69. The zero-order chi connectivity index (χ0) is 18.7. The van der Waals surface area contributed by atoms with E-state index < -0.39 is 0 Å². The van der Waals surface area contributed by atoms with Crippen molar-refractivity contribution in [1.82, 2.24) is 15.6 Å². The summed E-state index contributed by atoms with van der Waals surface area (Å²) in [5.74, 6) is 3.34. The minimum absolute atomic E-state index is 0.293. The minimum atomic E-state index is 0.293. The molecule has 1 aliphatic heterocycles. The molecule has 0 saturated heterocycles. The molecule has 7 heteroatoms. The predicted octanol–water partition coefficient (Wildman–Crippen LogP) is 2.76. The fourth-order valence-electron chi connectivity index (χ4n) is 2.69. The van der Waals surface area contributed by atoms with Gasteiger partial charge < -0.3 is 25.4 Å². The van der Waals surface area contributed by atoms with Crippen LogP contribution >= 0.6 is 0 Å². The van der Waals surface area contributed by atoms with Crippen LogP contribution in [-0.2, 0) is 6.54 Å². The summed E-state index contributed by atoms with van der Waals surface area (Å²) in [7, 11) is 0. The summed E-state index contributed by atoms with van der Waals surface area (Å²) in [6, 6.07) is 11.8. The van der Waals surface area contributed by atoms with Crippen molar-refractivity contribution in [3.63, 3.8) is 0 Å². The van der Waals surface area contributed by atoms with Crippen molar-refractivity contribution in [2.45, 2.75) is 26.3 Å². The van der Waals surface area contributed by atoms with Gasteiger partial charge in [-0.1, -0.05) is 12.1 Å². The van der Waals surface area contributed by atoms with Gasteiger partial charge in [0.05, 0.1) is 6.54 Å². The molecule has 3 rings (SSSR count). The third kappa shape index (κ3) is 6.06. The van der Waals surface area contributed by atoms with Gasteiger partial charge in [-0.2, -0.15) is 0 Å². The molecular weight excluding hydrogens is 342 g/mol. The molecule has 1 aromatic heterocycles. The van der Waals surface area contributed by atoms with Crippen LogP contribution in [0.1, 0.15) is 25.3 Å². The second-order valence-electron chi connectivity index (χ2n) is 6.16. The molecule has 3 N–H and O–H groups in total. The maximum Gasteiger partial charge on any atom is 0.231 e. The molecule has 0 atom stereocenters. The Bertz CT molecular complexity index is 736. The Morgan fingerprint density at radius 3 is 2.81 bits per heavy atom. The molecule has 0 fully saturated rings. The van der Waals surface area contributed by atoms with Crippen LogP contribution in [0.5, 0.6) is 11.5 Å². The lowest BCUT2D eigenvalue weighted by Gasteiger charge is -2.11. The number of unbranched alkanes of at least 4 members (excludes halogenated alkanes) is 1. The highest BCUT2D eigenvalue weighted by Crippen LogP contribution is 2.32. The van der Waals surface area contributed by atoms with E-state index in [-0.39, 0.29) is 0 Å². The molecule has 0 spiro atoms. The largest absolute Gasteiger partial charge is 0.454 e. The number of guanidine groups is 1. The molecule has 0 saturated carbocycles. The second kappa shape index (κ2) is 10.3. The van der Waals surface area contributed by atoms with Gasteiger partial charge in [-0.3, -0.25) is 0 Å². The van der Waals surface area contributed by atoms with Gasteiger partial charge >= 0.3 is 0 Å². The molecular formula is C20H27N5O2. The van der Waals surface area contributed by atoms with Crippen molar-refractivity contribution in [2.24, 2.45) is 4.99 Å². The van der Waals surface area contributed by atoms with Crippen LogP contribution in [0, 0.1) is 0 Å². The van der Waals surface area contributed by atoms with E-state index in [4.69, 9.17) is 9.47 Å². The van der Waals surface area contributed by atoms with Crippen molar-refractivity contribution in [3.8, 4) is 11.5 Å². The van der Waals surface area contributed by atoms with E-state index in [0.717, 1.165) is 61.3 Å². The van der Waals surface area contributed by atoms with E-state index in [1.54, 1.807) is 6.20 Å². The molecule has 1 aliphatic rings. The summed E-state index contributed by atoms with van der Waals surface area (Å²) >= 11 is 0. The topological polar surface area (TPSA) is 79.8 Å². The highest BCUT2D eigenvalue weighted by molar-refractivity contribution is 5.79. The van der Waals surface area contributed by atoms with Crippen LogP contribution < -0.4 is 25.4 Å². The maximum atomic E-state index is 5.42. The first kappa shape index (κ1) is 18.8. The Balaban J connectivity index is 1.38. The van der Waals surface area contributed by atoms with Crippen molar-refractivity contribution in [1.29, 1.82) is 0 Å². The van der Waals surface area contributed by atoms with E-state index in [0.29, 0.717) is 13.3 Å². The third-order valence-electron chi connectivity index (χ3n) is 4.07. The molecule has 144 valence electrons. The van der Waals surface area contributed by atoms with Crippen LogP contribution in [0.15, 0.2) is 47.6 Å². The lowest BCUT2D eigenvalue weighted by atomic mass is 10.2. The number of nitrogens with one attached hydrogen (secondary N) is 3. The van der Waals surface area contributed by atoms with Crippen molar-refractivity contribution in [3.05, 3.63) is 48.2 Å². The first-order valence-corrected chi connectivity index (χ1v) is 9.41. The van der Waals surface area contributed by atoms with Crippen molar-refractivity contribution in [2.75, 3.05) is 31.7 Å². The number of anilines is 1. The van der Waals surface area contributed by atoms with Gasteiger partial charge in [-0.15, -0.1) is 0 Å². The number of fused-ring (bicyclic) bond motifs is 1. The Hall–Kier alpha value is -2.96. The normalized spacial score (nSPS) is 12.7. The molecule has 2 aromatic rings. The molecule has 0 aliphatic carbocycles. The van der Waals surface area contributed by atoms with Gasteiger partial charge in [0.1, 0.15) is 5.82 Å². The number of benzene rings is 1. The lowest BCUT2D eigenvalue weighted by molar-refractivity contribution is 0.174. The third-order valence-corrected chi connectivity index (χ3v) is 4.07. The first-order chi connectivity index (χ1) is 13.3. The molecule has 7 nitrogen and oxygen atoms in total. The number of pyridine rings is 1. The standard InChI is InChI=1S/C20H27N5O2/c1-2-21-20(24-12-6-5-11-23-19-7-3-4-10-22-19)25-14-16-8-9-17-18(13-16)27-15-26-17/h3-4,7-10,13H,2,5-6,11-12,14-15H2,1H3,(H,22,23)(H2,21,24,25). The van der Waals surface area contributed by atoms with Crippen LogP contribution in [0.4, 0.5) is 5.82 Å². The summed E-state index contributed by atoms with van der Waals surface area (Å²) in [4.78, 5) is 8.90. The van der Waals surface area contributed by atoms with Gasteiger partial charge in [0.15, 0.2) is 17.5 Å². The molecule has 2 heterocycles. The molecule has 27 heavy (non-hydrogen) atoms. The second-order valence-corrected chi connectivity index (χ2v) is 6.16. The van der Waals surface area contributed by atoms with Crippen LogP contribution in [-0.4, -0.2) is 37.4 Å². The highest BCUT2D eigenvalue weighted by atomic mass is 16.7. The first-order valence-electron chi connectivity index (χ1n) is 9.41. The zero-order valence-corrected chi connectivity index (χ0v) is 15.7. The SMILES string of the molecule is CCNC(=NCc1ccc2c(c1)OCO2)NCCCCNc1ccccn1. The van der Waals surface area contributed by atoms with Gasteiger partial charge in [-0.25, -0.2) is 9.98 Å². The number of rotatable bonds is 9. The number of nitrogens with zero attached hydrogens (tertiary/aromatic N) is 2. The van der Waals surface area contributed by atoms with Gasteiger partial charge in [0, 0.05) is 25.8 Å². The van der Waals surface area contributed by atoms with Gasteiger partial charge in [-0.05, 0) is 49.6 Å².